The third kappa shape index (κ3) is 21.6. The van der Waals surface area contributed by atoms with Crippen molar-refractivity contribution < 1.29 is 69.4 Å². The molecule has 15 heteroatoms. The van der Waals surface area contributed by atoms with E-state index in [4.69, 9.17) is 20.4 Å². The van der Waals surface area contributed by atoms with Crippen molar-refractivity contribution >= 4 is 27.9 Å². The van der Waals surface area contributed by atoms with Crippen LogP contribution in [-0.4, -0.2) is 25.5 Å². The summed E-state index contributed by atoms with van der Waals surface area (Å²) in [5, 5.41) is 45.5. The van der Waals surface area contributed by atoms with Crippen LogP contribution in [0.2, 0.25) is 0 Å². The number of rotatable bonds is 18. The number of phenolic OH excluding ortho intramolecular Hbond substituents is 5. The van der Waals surface area contributed by atoms with Crippen molar-refractivity contribution in [3.63, 3.8) is 0 Å². The molecular weight excluding hydrogens is 1210 g/mol. The molecule has 5 unspecified atom stereocenters. The molecule has 0 aromatic heterocycles. The molecule has 0 saturated heterocycles. The van der Waals surface area contributed by atoms with Crippen LogP contribution in [0.15, 0.2) is 91.0 Å². The molecule has 5 nitrogen and oxygen atoms in total. The number of phenols is 5. The third-order valence-corrected chi connectivity index (χ3v) is 19.0. The molecule has 0 amide bonds. The Morgan fingerprint density at radius 1 is 0.290 bits per heavy atom. The van der Waals surface area contributed by atoms with Gasteiger partial charge >= 0.3 is 0 Å². The molecule has 0 saturated carbocycles. The Morgan fingerprint density at radius 2 is 0.548 bits per heavy atom. The summed E-state index contributed by atoms with van der Waals surface area (Å²) < 4.78 is 135. The fraction of sp³-hybridized carbons (Fsp3) is 0.487. The van der Waals surface area contributed by atoms with Gasteiger partial charge in [0.1, 0.15) is 0 Å². The monoisotopic (exact) mass is 1300 g/mol. The van der Waals surface area contributed by atoms with Gasteiger partial charge in [0.05, 0.1) is 0 Å². The highest BCUT2D eigenvalue weighted by molar-refractivity contribution is 5.71. The van der Waals surface area contributed by atoms with E-state index in [-0.39, 0.29) is 11.1 Å². The van der Waals surface area contributed by atoms with Gasteiger partial charge in [-0.05, 0) is 214 Å². The van der Waals surface area contributed by atoms with Gasteiger partial charge in [-0.15, -0.1) is 0 Å². The summed E-state index contributed by atoms with van der Waals surface area (Å²) in [6.45, 7) is 10.9. The molecule has 0 bridgehead atoms. The number of aromatic hydroxyl groups is 5. The molecule has 93 heavy (non-hydrogen) atoms. The van der Waals surface area contributed by atoms with Gasteiger partial charge in [0.2, 0.25) is 29.1 Å². The maximum atomic E-state index is 13.9. The fourth-order valence-corrected chi connectivity index (χ4v) is 13.0. The number of unbranched alkanes of at least 4 members (excludes halogenated alkanes) is 6. The first kappa shape index (κ1) is 75.1. The Balaban J connectivity index is 0.000000185. The van der Waals surface area contributed by atoms with Crippen LogP contribution in [-0.2, 0) is 0 Å². The van der Waals surface area contributed by atoms with Crippen molar-refractivity contribution in [2.45, 2.75) is 214 Å². The van der Waals surface area contributed by atoms with Crippen LogP contribution < -0.4 is 0 Å². The van der Waals surface area contributed by atoms with Gasteiger partial charge in [-0.1, -0.05) is 148 Å². The zero-order valence-corrected chi connectivity index (χ0v) is 54.9. The van der Waals surface area contributed by atoms with Crippen molar-refractivity contribution in [1.82, 2.24) is 0 Å². The zero-order chi connectivity index (χ0) is 67.7. The lowest BCUT2D eigenvalue weighted by atomic mass is 9.83. The van der Waals surface area contributed by atoms with Crippen molar-refractivity contribution in [2.75, 3.05) is 0 Å². The van der Waals surface area contributed by atoms with E-state index in [0.29, 0.717) is 46.3 Å². The number of halogens is 10. The molecule has 5 N–H and O–H groups in total. The summed E-state index contributed by atoms with van der Waals surface area (Å²) >= 11 is 0. The number of allylic oxidation sites excluding steroid dienone is 10. The Morgan fingerprint density at radius 3 is 0.806 bits per heavy atom. The number of benzene rings is 5. The Labute approximate surface area is 544 Å². The highest BCUT2D eigenvalue weighted by atomic mass is 19.2. The van der Waals surface area contributed by atoms with Crippen LogP contribution in [0, 0.1) is 87.8 Å². The average Bonchev–Trinajstić information content (AvgIpc) is 1.03. The highest BCUT2D eigenvalue weighted by Gasteiger charge is 2.25. The Bertz CT molecular complexity index is 3400. The average molecular weight is 1300 g/mol. The highest BCUT2D eigenvalue weighted by Crippen LogP contribution is 2.41. The second kappa shape index (κ2) is 37.9. The lowest BCUT2D eigenvalue weighted by Gasteiger charge is -2.22. The molecule has 5 aromatic rings. The summed E-state index contributed by atoms with van der Waals surface area (Å²) in [7, 11) is 0. The summed E-state index contributed by atoms with van der Waals surface area (Å²) in [5.41, 5.74) is 5.76. The van der Waals surface area contributed by atoms with Gasteiger partial charge in [0.25, 0.3) is 0 Å². The SMILES string of the molecule is CC1CC=C(c2ccc(O)c(F)c2F)CC1.CCC1CC=C(c2ccc(O)c(F)c2F)CC1.CCCC1CC=C(c2ccc(O)c(F)c2F)CC1.CCCCCC1CC=C(c2ccc(O)c(F)c2F)CC1.CCCCCCCC1CC=C(c2ccc(O)c(F)c2F)CC1. The van der Waals surface area contributed by atoms with Gasteiger partial charge in [0.15, 0.2) is 57.8 Å². The number of hydrogen-bond donors (Lipinski definition) is 5. The van der Waals surface area contributed by atoms with Crippen LogP contribution in [0.25, 0.3) is 27.9 Å². The van der Waals surface area contributed by atoms with Gasteiger partial charge in [-0.2, -0.15) is 22.0 Å². The van der Waals surface area contributed by atoms with E-state index in [0.717, 1.165) is 137 Å². The molecule has 5 aromatic carbocycles. The first-order chi connectivity index (χ1) is 44.6. The first-order valence-electron chi connectivity index (χ1n) is 33.9. The van der Waals surface area contributed by atoms with E-state index in [1.54, 1.807) is 0 Å². The molecule has 0 spiro atoms. The Kier molecular flexibility index (Phi) is 30.6. The molecule has 5 aliphatic rings. The lowest BCUT2D eigenvalue weighted by Crippen LogP contribution is -2.07. The second-order valence-electron chi connectivity index (χ2n) is 25.8. The molecular formula is C78H96F10O5. The van der Waals surface area contributed by atoms with Crippen molar-refractivity contribution in [3.05, 3.63) is 177 Å². The normalized spacial score (nSPS) is 19.5. The molecule has 10 rings (SSSR count). The smallest absolute Gasteiger partial charge is 0.200 e. The molecule has 0 heterocycles. The Hall–Kier alpha value is -6.90. The van der Waals surface area contributed by atoms with E-state index in [9.17, 15) is 49.0 Å². The minimum atomic E-state index is -1.16. The summed E-state index contributed by atoms with van der Waals surface area (Å²) in [6.07, 6.45) is 39.9. The fourth-order valence-electron chi connectivity index (χ4n) is 13.0. The zero-order valence-electron chi connectivity index (χ0n) is 54.9. The maximum absolute atomic E-state index is 13.9. The maximum Gasteiger partial charge on any atom is 0.200 e. The van der Waals surface area contributed by atoms with Crippen LogP contribution in [0.4, 0.5) is 43.9 Å². The van der Waals surface area contributed by atoms with E-state index >= 15 is 0 Å². The van der Waals surface area contributed by atoms with Crippen LogP contribution >= 0.6 is 0 Å². The quantitative estimate of drug-likeness (QED) is 0.0445. The minimum Gasteiger partial charge on any atom is -0.505 e. The van der Waals surface area contributed by atoms with E-state index < -0.39 is 86.9 Å². The summed E-state index contributed by atoms with van der Waals surface area (Å²) in [5.74, 6) is -10.3. The van der Waals surface area contributed by atoms with Crippen LogP contribution in [0.1, 0.15) is 242 Å². The number of hydrogen-bond acceptors (Lipinski definition) is 5. The van der Waals surface area contributed by atoms with Gasteiger partial charge < -0.3 is 25.5 Å². The van der Waals surface area contributed by atoms with Crippen molar-refractivity contribution in [3.8, 4) is 28.7 Å². The van der Waals surface area contributed by atoms with Crippen LogP contribution in [0.3, 0.4) is 0 Å². The largest absolute Gasteiger partial charge is 0.505 e. The van der Waals surface area contributed by atoms with E-state index in [1.807, 2.05) is 24.3 Å². The van der Waals surface area contributed by atoms with E-state index in [1.165, 1.54) is 131 Å². The summed E-state index contributed by atoms with van der Waals surface area (Å²) in [4.78, 5) is 0. The topological polar surface area (TPSA) is 101 Å². The molecule has 5 atom stereocenters. The van der Waals surface area contributed by atoms with Gasteiger partial charge in [-0.25, -0.2) is 22.0 Å². The standard InChI is InChI=1S/C19H26F2O.C17H22F2O.C15H18F2O.C14H16F2O.C13H14F2O/c1-2-3-4-5-6-7-14-8-10-15(11-9-14)16-12-13-17(22)19(21)18(16)20;1-2-3-4-5-12-6-8-13(9-7-12)14-10-11-15(20)17(19)16(14)18;1-2-3-10-4-6-11(7-5-10)12-8-9-13(18)15(17)14(12)16;1-2-9-3-5-10(6-4-9)11-7-8-12(17)14(16)13(11)15;1-8-2-4-9(5-3-8)10-6-7-11(16)13(15)12(10)14/h10,12-14,22H,2-9,11H2,1H3;8,10-12,20H,2-7,9H2,1H3;6,8-10,18H,2-5,7H2,1H3;5,7-9,17H,2-4,6H2,1H3;4,6-8,16H,2-3,5H2,1H3. The minimum absolute atomic E-state index is 0.280. The van der Waals surface area contributed by atoms with Gasteiger partial charge in [0, 0.05) is 27.8 Å². The molecule has 0 radical (unpaired) electrons. The van der Waals surface area contributed by atoms with Crippen molar-refractivity contribution in [2.24, 2.45) is 29.6 Å². The first-order valence-corrected chi connectivity index (χ1v) is 33.9. The van der Waals surface area contributed by atoms with E-state index in [2.05, 4.69) is 40.7 Å². The van der Waals surface area contributed by atoms with Crippen molar-refractivity contribution in [1.29, 1.82) is 0 Å². The molecule has 0 aliphatic heterocycles. The molecule has 0 fully saturated rings. The predicted molar refractivity (Wildman–Crippen MR) is 355 cm³/mol. The van der Waals surface area contributed by atoms with Gasteiger partial charge in [-0.3, -0.25) is 0 Å². The van der Waals surface area contributed by atoms with Crippen LogP contribution in [0.5, 0.6) is 28.7 Å². The lowest BCUT2D eigenvalue weighted by molar-refractivity contribution is 0.404. The summed E-state index contributed by atoms with van der Waals surface area (Å²) in [6, 6.07) is 13.4. The molecule has 508 valence electrons. The molecule has 5 aliphatic carbocycles. The second-order valence-corrected chi connectivity index (χ2v) is 25.8. The predicted octanol–water partition coefficient (Wildman–Crippen LogP) is 24.4. The third-order valence-electron chi connectivity index (χ3n) is 19.0.